The van der Waals surface area contributed by atoms with Gasteiger partial charge in [-0.1, -0.05) is 18.6 Å². The van der Waals surface area contributed by atoms with E-state index in [1.807, 2.05) is 6.08 Å². The first-order chi connectivity index (χ1) is 6.25. The van der Waals surface area contributed by atoms with Crippen LogP contribution in [0.1, 0.15) is 26.2 Å². The summed E-state index contributed by atoms with van der Waals surface area (Å²) in [4.78, 5) is 10.8. The van der Waals surface area contributed by atoms with Crippen LogP contribution >= 0.6 is 0 Å². The second kappa shape index (κ2) is 3.36. The number of nitrogens with one attached hydrogen (secondary N) is 1. The van der Waals surface area contributed by atoms with Crippen LogP contribution < -0.4 is 5.32 Å². The molecular weight excluding hydrogens is 162 g/mol. The monoisotopic (exact) mass is 177 g/mol. The van der Waals surface area contributed by atoms with Gasteiger partial charge in [0.2, 0.25) is 5.91 Å². The maximum absolute atomic E-state index is 10.8. The molecule has 0 heterocycles. The largest absolute Gasteiger partial charge is 0.327 e. The standard InChI is InChI=1S/C11H15NO/c1-8(13)12-11-6-5-9-3-2-4-10(9)7-11/h5-7,9-10H,2-4H2,1H3,(H,12,13). The third-order valence-corrected chi connectivity index (χ3v) is 2.86. The van der Waals surface area contributed by atoms with Gasteiger partial charge in [0.15, 0.2) is 0 Å². The summed E-state index contributed by atoms with van der Waals surface area (Å²) in [6.07, 6.45) is 10.4. The molecule has 0 aromatic carbocycles. The van der Waals surface area contributed by atoms with Crippen molar-refractivity contribution in [3.63, 3.8) is 0 Å². The van der Waals surface area contributed by atoms with Gasteiger partial charge in [-0.2, -0.15) is 0 Å². The highest BCUT2D eigenvalue weighted by molar-refractivity contribution is 5.75. The Balaban J connectivity index is 2.06. The Morgan fingerprint density at radius 1 is 1.46 bits per heavy atom. The lowest BCUT2D eigenvalue weighted by atomic mass is 9.91. The van der Waals surface area contributed by atoms with Crippen molar-refractivity contribution in [1.29, 1.82) is 0 Å². The summed E-state index contributed by atoms with van der Waals surface area (Å²) in [7, 11) is 0. The molecule has 0 radical (unpaired) electrons. The van der Waals surface area contributed by atoms with E-state index >= 15 is 0 Å². The Bertz CT molecular complexity index is 278. The second-order valence-electron chi connectivity index (χ2n) is 3.92. The fourth-order valence-electron chi connectivity index (χ4n) is 2.26. The minimum Gasteiger partial charge on any atom is -0.327 e. The zero-order valence-corrected chi connectivity index (χ0v) is 7.92. The van der Waals surface area contributed by atoms with Gasteiger partial charge in [-0.3, -0.25) is 4.79 Å². The Kier molecular flexibility index (Phi) is 2.21. The average molecular weight is 177 g/mol. The molecule has 13 heavy (non-hydrogen) atoms. The highest BCUT2D eigenvalue weighted by Gasteiger charge is 2.25. The van der Waals surface area contributed by atoms with Crippen LogP contribution in [0.3, 0.4) is 0 Å². The maximum Gasteiger partial charge on any atom is 0.221 e. The van der Waals surface area contributed by atoms with E-state index < -0.39 is 0 Å². The lowest BCUT2D eigenvalue weighted by Gasteiger charge is -2.18. The van der Waals surface area contributed by atoms with Crippen LogP contribution in [-0.4, -0.2) is 5.91 Å². The number of amides is 1. The molecule has 2 heteroatoms. The summed E-state index contributed by atoms with van der Waals surface area (Å²) in [5.74, 6) is 1.43. The van der Waals surface area contributed by atoms with Gasteiger partial charge in [-0.15, -0.1) is 0 Å². The van der Waals surface area contributed by atoms with E-state index in [0.29, 0.717) is 5.92 Å². The lowest BCUT2D eigenvalue weighted by Crippen LogP contribution is -2.21. The van der Waals surface area contributed by atoms with Crippen molar-refractivity contribution in [3.05, 3.63) is 23.9 Å². The third kappa shape index (κ3) is 1.82. The Morgan fingerprint density at radius 2 is 2.23 bits per heavy atom. The van der Waals surface area contributed by atoms with Crippen molar-refractivity contribution < 1.29 is 4.79 Å². The molecule has 1 amide bonds. The van der Waals surface area contributed by atoms with Gasteiger partial charge in [0.25, 0.3) is 0 Å². The van der Waals surface area contributed by atoms with Gasteiger partial charge >= 0.3 is 0 Å². The number of carbonyl (C=O) groups excluding carboxylic acids is 1. The lowest BCUT2D eigenvalue weighted by molar-refractivity contribution is -0.118. The van der Waals surface area contributed by atoms with Crippen LogP contribution in [0.5, 0.6) is 0 Å². The normalized spacial score (nSPS) is 31.0. The van der Waals surface area contributed by atoms with Crippen LogP contribution in [0.4, 0.5) is 0 Å². The molecule has 2 unspecified atom stereocenters. The summed E-state index contributed by atoms with van der Waals surface area (Å²) in [6.45, 7) is 1.55. The van der Waals surface area contributed by atoms with Gasteiger partial charge in [0, 0.05) is 12.6 Å². The predicted molar refractivity (Wildman–Crippen MR) is 51.9 cm³/mol. The van der Waals surface area contributed by atoms with Crippen molar-refractivity contribution in [2.24, 2.45) is 11.8 Å². The van der Waals surface area contributed by atoms with E-state index in [9.17, 15) is 4.79 Å². The van der Waals surface area contributed by atoms with Crippen molar-refractivity contribution in [1.82, 2.24) is 5.32 Å². The smallest absolute Gasteiger partial charge is 0.221 e. The molecule has 0 aliphatic heterocycles. The van der Waals surface area contributed by atoms with Gasteiger partial charge in [0.1, 0.15) is 0 Å². The molecule has 1 N–H and O–H groups in total. The first-order valence-electron chi connectivity index (χ1n) is 4.93. The molecule has 0 aromatic rings. The Hall–Kier alpha value is -1.05. The molecule has 2 atom stereocenters. The van der Waals surface area contributed by atoms with Crippen molar-refractivity contribution in [2.45, 2.75) is 26.2 Å². The number of rotatable bonds is 1. The van der Waals surface area contributed by atoms with Crippen LogP contribution in [-0.2, 0) is 4.79 Å². The van der Waals surface area contributed by atoms with E-state index in [-0.39, 0.29) is 5.91 Å². The SMILES string of the molecule is CC(=O)NC1=CC2CCCC2C=C1. The van der Waals surface area contributed by atoms with Crippen molar-refractivity contribution >= 4 is 5.91 Å². The van der Waals surface area contributed by atoms with Crippen molar-refractivity contribution in [2.75, 3.05) is 0 Å². The van der Waals surface area contributed by atoms with Crippen LogP contribution in [0.2, 0.25) is 0 Å². The molecular formula is C11H15NO. The molecule has 0 bridgehead atoms. The van der Waals surface area contributed by atoms with E-state index in [1.165, 1.54) is 19.3 Å². The van der Waals surface area contributed by atoms with E-state index in [2.05, 4.69) is 17.5 Å². The van der Waals surface area contributed by atoms with E-state index in [1.54, 1.807) is 6.92 Å². The first-order valence-corrected chi connectivity index (χ1v) is 4.93. The van der Waals surface area contributed by atoms with Gasteiger partial charge in [-0.05, 0) is 30.8 Å². The summed E-state index contributed by atoms with van der Waals surface area (Å²) in [5, 5.41) is 2.83. The Morgan fingerprint density at radius 3 is 3.00 bits per heavy atom. The first kappa shape index (κ1) is 8.54. The molecule has 0 spiro atoms. The highest BCUT2D eigenvalue weighted by Crippen LogP contribution is 2.36. The summed E-state index contributed by atoms with van der Waals surface area (Å²) >= 11 is 0. The molecule has 0 saturated heterocycles. The number of carbonyl (C=O) groups is 1. The van der Waals surface area contributed by atoms with Crippen molar-refractivity contribution in [3.8, 4) is 0 Å². The maximum atomic E-state index is 10.8. The summed E-state index contributed by atoms with van der Waals surface area (Å²) < 4.78 is 0. The Labute approximate surface area is 78.7 Å². The van der Waals surface area contributed by atoms with E-state index in [4.69, 9.17) is 0 Å². The van der Waals surface area contributed by atoms with E-state index in [0.717, 1.165) is 11.6 Å². The fraction of sp³-hybridized carbons (Fsp3) is 0.545. The van der Waals surface area contributed by atoms with Gasteiger partial charge in [-0.25, -0.2) is 0 Å². The molecule has 2 aliphatic carbocycles. The second-order valence-corrected chi connectivity index (χ2v) is 3.92. The molecule has 2 aliphatic rings. The summed E-state index contributed by atoms with van der Waals surface area (Å²) in [6, 6.07) is 0. The molecule has 2 nitrogen and oxygen atoms in total. The molecule has 2 rings (SSSR count). The topological polar surface area (TPSA) is 29.1 Å². The molecule has 0 aromatic heterocycles. The zero-order valence-electron chi connectivity index (χ0n) is 7.92. The predicted octanol–water partition coefficient (Wildman–Crippen LogP) is 1.99. The minimum atomic E-state index is 0.0207. The zero-order chi connectivity index (χ0) is 9.26. The van der Waals surface area contributed by atoms with Gasteiger partial charge in [0.05, 0.1) is 0 Å². The van der Waals surface area contributed by atoms with Gasteiger partial charge < -0.3 is 5.32 Å². The number of hydrogen-bond donors (Lipinski definition) is 1. The molecule has 1 saturated carbocycles. The molecule has 1 fully saturated rings. The summed E-state index contributed by atoms with van der Waals surface area (Å²) in [5.41, 5.74) is 0.982. The average Bonchev–Trinajstić information content (AvgIpc) is 2.49. The quantitative estimate of drug-likeness (QED) is 0.652. The van der Waals surface area contributed by atoms with Crippen LogP contribution in [0.25, 0.3) is 0 Å². The number of hydrogen-bond acceptors (Lipinski definition) is 1. The third-order valence-electron chi connectivity index (χ3n) is 2.86. The van der Waals surface area contributed by atoms with Crippen LogP contribution in [0.15, 0.2) is 23.9 Å². The fourth-order valence-corrected chi connectivity index (χ4v) is 2.26. The number of allylic oxidation sites excluding steroid dienone is 3. The molecule has 70 valence electrons. The van der Waals surface area contributed by atoms with Crippen LogP contribution in [0, 0.1) is 11.8 Å². The number of fused-ring (bicyclic) bond motifs is 1. The highest BCUT2D eigenvalue weighted by atomic mass is 16.1. The minimum absolute atomic E-state index is 0.0207.